The first-order valence-electron chi connectivity index (χ1n) is 17.9. The first kappa shape index (κ1) is 41.6. The van der Waals surface area contributed by atoms with Crippen molar-refractivity contribution in [1.82, 2.24) is 32.3 Å². The molecule has 3 rings (SSSR count). The van der Waals surface area contributed by atoms with Gasteiger partial charge in [-0.15, -0.1) is 0 Å². The van der Waals surface area contributed by atoms with Crippen molar-refractivity contribution in [3.05, 3.63) is 11.6 Å². The van der Waals surface area contributed by atoms with Crippen LogP contribution in [0.3, 0.4) is 0 Å². The maximum Gasteiger partial charge on any atom is 0.407 e. The van der Waals surface area contributed by atoms with Crippen LogP contribution in [0, 0.1) is 11.8 Å². The van der Waals surface area contributed by atoms with E-state index in [0.29, 0.717) is 26.1 Å². The number of Topliss-reactive ketones (excluding diaryl/α,β-unsaturated/α-hetero) is 3. The van der Waals surface area contributed by atoms with Gasteiger partial charge in [0.2, 0.25) is 17.5 Å². The molecule has 0 bridgehead atoms. The minimum absolute atomic E-state index is 0.0252. The van der Waals surface area contributed by atoms with Gasteiger partial charge in [0, 0.05) is 20.2 Å². The number of hydrogen-bond acceptors (Lipinski definition) is 13. The minimum Gasteiger partial charge on any atom is -0.443 e. The number of methoxy groups -OCH3 is 1. The van der Waals surface area contributed by atoms with E-state index < -0.39 is 23.7 Å². The molecule has 4 unspecified atom stereocenters. The van der Waals surface area contributed by atoms with Crippen LogP contribution in [-0.4, -0.2) is 111 Å². The number of carbonyl (C=O) groups excluding carboxylic acids is 5. The van der Waals surface area contributed by atoms with E-state index >= 15 is 0 Å². The Morgan fingerprint density at radius 2 is 1.58 bits per heavy atom. The summed E-state index contributed by atoms with van der Waals surface area (Å²) in [6.45, 7) is 12.6. The summed E-state index contributed by atoms with van der Waals surface area (Å²) < 4.78 is 24.0. The maximum atomic E-state index is 12.7. The predicted octanol–water partition coefficient (Wildman–Crippen LogP) is 1.41. The highest BCUT2D eigenvalue weighted by atomic mass is 16.6. The van der Waals surface area contributed by atoms with Crippen LogP contribution in [0.25, 0.3) is 0 Å². The molecule has 2 saturated heterocycles. The zero-order chi connectivity index (χ0) is 36.9. The fraction of sp³-hybridized carbons (Fsp3) is 0.800. The van der Waals surface area contributed by atoms with Crippen LogP contribution in [0.15, 0.2) is 11.6 Å². The van der Waals surface area contributed by atoms with Gasteiger partial charge < -0.3 is 29.6 Å². The Bertz CT molecular complexity index is 1210. The van der Waals surface area contributed by atoms with E-state index in [-0.39, 0.29) is 72.7 Å². The maximum absolute atomic E-state index is 12.7. The standard InChI is InChI=1S/C35H60N6O9/c1-22(2)12-13-27-34(6,50-27)32-31(47-7)26(14-15-35(32)21-48-35)49-33(46)37-17-11-9-8-10-16-36-28(44)20-40-41-29(23(3)4)30(45)25(43)19-39-38-18-24(5)42/h12,23,26-27,29,31-32,38-41H,8-11,13-21H2,1-7H3,(H,36,44)(H,37,46)/t26?,27-,29+,31?,32?,34?,35+/m1/s1. The molecule has 1 spiro atoms. The summed E-state index contributed by atoms with van der Waals surface area (Å²) in [6.07, 6.45) is 6.71. The number of hydrazine groups is 2. The monoisotopic (exact) mass is 708 g/mol. The van der Waals surface area contributed by atoms with Gasteiger partial charge in [-0.2, -0.15) is 0 Å². The van der Waals surface area contributed by atoms with Crippen molar-refractivity contribution < 1.29 is 42.9 Å². The number of ether oxygens (including phenoxy) is 4. The summed E-state index contributed by atoms with van der Waals surface area (Å²) in [5.41, 5.74) is 11.3. The summed E-state index contributed by atoms with van der Waals surface area (Å²) in [7, 11) is 1.66. The van der Waals surface area contributed by atoms with E-state index in [4.69, 9.17) is 18.9 Å². The molecule has 2 heterocycles. The lowest BCUT2D eigenvalue weighted by Crippen LogP contribution is -2.56. The summed E-state index contributed by atoms with van der Waals surface area (Å²) >= 11 is 0. The Kier molecular flexibility index (Phi) is 16.4. The summed E-state index contributed by atoms with van der Waals surface area (Å²) in [6, 6.07) is -0.813. The third-order valence-corrected chi connectivity index (χ3v) is 9.63. The van der Waals surface area contributed by atoms with E-state index in [2.05, 4.69) is 59.2 Å². The zero-order valence-corrected chi connectivity index (χ0v) is 30.9. The smallest absolute Gasteiger partial charge is 0.407 e. The van der Waals surface area contributed by atoms with Crippen molar-refractivity contribution in [2.75, 3.05) is 46.4 Å². The highest BCUT2D eigenvalue weighted by Gasteiger charge is 2.72. The lowest BCUT2D eigenvalue weighted by atomic mass is 9.68. The molecular weight excluding hydrogens is 648 g/mol. The van der Waals surface area contributed by atoms with Crippen molar-refractivity contribution in [2.45, 2.75) is 122 Å². The molecule has 1 aliphatic carbocycles. The molecule has 0 aromatic carbocycles. The van der Waals surface area contributed by atoms with Gasteiger partial charge in [-0.1, -0.05) is 38.3 Å². The number of rotatable bonds is 24. The molecule has 15 heteroatoms. The number of hydrogen-bond donors (Lipinski definition) is 6. The molecule has 6 N–H and O–H groups in total. The molecule has 2 amide bonds. The Hall–Kier alpha value is -2.79. The predicted molar refractivity (Wildman–Crippen MR) is 186 cm³/mol. The lowest BCUT2D eigenvalue weighted by Gasteiger charge is -2.42. The quantitative estimate of drug-likeness (QED) is 0.0277. The Morgan fingerprint density at radius 3 is 2.18 bits per heavy atom. The van der Waals surface area contributed by atoms with Crippen LogP contribution in [0.5, 0.6) is 0 Å². The van der Waals surface area contributed by atoms with Gasteiger partial charge in [0.1, 0.15) is 29.2 Å². The molecule has 0 radical (unpaired) electrons. The van der Waals surface area contributed by atoms with Crippen LogP contribution in [0.4, 0.5) is 4.79 Å². The number of alkyl carbamates (subject to hydrolysis) is 1. The number of amides is 2. The van der Waals surface area contributed by atoms with Gasteiger partial charge in [-0.3, -0.25) is 24.6 Å². The average molecular weight is 709 g/mol. The third-order valence-electron chi connectivity index (χ3n) is 9.63. The lowest BCUT2D eigenvalue weighted by molar-refractivity contribution is -0.138. The molecule has 0 aromatic rings. The molecule has 0 aromatic heterocycles. The van der Waals surface area contributed by atoms with Crippen LogP contribution in [-0.2, 0) is 38.1 Å². The van der Waals surface area contributed by atoms with E-state index in [9.17, 15) is 24.0 Å². The number of nitrogens with one attached hydrogen (secondary N) is 6. The van der Waals surface area contributed by atoms with Gasteiger partial charge in [-0.25, -0.2) is 21.1 Å². The number of carbonyl (C=O) groups is 5. The first-order chi connectivity index (χ1) is 23.7. The van der Waals surface area contributed by atoms with E-state index in [1.807, 2.05) is 0 Å². The van der Waals surface area contributed by atoms with E-state index in [1.54, 1.807) is 21.0 Å². The van der Waals surface area contributed by atoms with Gasteiger partial charge >= 0.3 is 6.09 Å². The van der Waals surface area contributed by atoms with Crippen LogP contribution in [0.2, 0.25) is 0 Å². The first-order valence-corrected chi connectivity index (χ1v) is 17.9. The van der Waals surface area contributed by atoms with Crippen molar-refractivity contribution in [1.29, 1.82) is 0 Å². The average Bonchev–Trinajstić information content (AvgIpc) is 3.98. The molecule has 50 heavy (non-hydrogen) atoms. The topological polar surface area (TPSA) is 201 Å². The van der Waals surface area contributed by atoms with Crippen molar-refractivity contribution >= 4 is 29.4 Å². The molecule has 3 fully saturated rings. The molecule has 15 nitrogen and oxygen atoms in total. The Balaban J connectivity index is 1.26. The third kappa shape index (κ3) is 12.5. The van der Waals surface area contributed by atoms with Gasteiger partial charge in [0.25, 0.3) is 0 Å². The summed E-state index contributed by atoms with van der Waals surface area (Å²) in [4.78, 5) is 60.7. The van der Waals surface area contributed by atoms with Gasteiger partial charge in [0.15, 0.2) is 0 Å². The molecule has 7 atom stereocenters. The van der Waals surface area contributed by atoms with Gasteiger partial charge in [-0.05, 0) is 65.7 Å². The Morgan fingerprint density at radius 1 is 0.920 bits per heavy atom. The van der Waals surface area contributed by atoms with Crippen molar-refractivity contribution in [3.8, 4) is 0 Å². The molecule has 1 saturated carbocycles. The molecular formula is C35H60N6O9. The summed E-state index contributed by atoms with van der Waals surface area (Å²) in [5, 5.41) is 5.69. The zero-order valence-electron chi connectivity index (χ0n) is 30.9. The number of unbranched alkanes of at least 4 members (excludes halogenated alkanes) is 3. The second-order valence-corrected chi connectivity index (χ2v) is 14.4. The minimum atomic E-state index is -0.813. The largest absolute Gasteiger partial charge is 0.443 e. The van der Waals surface area contributed by atoms with E-state index in [1.165, 1.54) is 12.5 Å². The highest BCUT2D eigenvalue weighted by Crippen LogP contribution is 2.59. The number of ketones is 3. The van der Waals surface area contributed by atoms with Gasteiger partial charge in [0.05, 0.1) is 44.3 Å². The number of epoxide rings is 2. The second-order valence-electron chi connectivity index (χ2n) is 14.4. The molecule has 2 aliphatic heterocycles. The van der Waals surface area contributed by atoms with Crippen LogP contribution in [0.1, 0.15) is 86.5 Å². The molecule has 3 aliphatic rings. The van der Waals surface area contributed by atoms with E-state index in [0.717, 1.165) is 38.5 Å². The highest BCUT2D eigenvalue weighted by molar-refractivity contribution is 6.40. The SMILES string of the molecule is COC1C(OC(=O)NCCCCCCNC(=O)CNN[C@H](C(=O)C(=O)CNNCC(C)=O)C(C)C)CC[C@]2(CO2)C1C1(C)O[C@@H]1CC=C(C)C. The summed E-state index contributed by atoms with van der Waals surface area (Å²) in [5.74, 6) is -1.86. The fourth-order valence-electron chi connectivity index (χ4n) is 6.70. The Labute approximate surface area is 296 Å². The normalized spacial score (nSPS) is 27.4. The van der Waals surface area contributed by atoms with Crippen LogP contribution >= 0.6 is 0 Å². The van der Waals surface area contributed by atoms with Crippen molar-refractivity contribution in [3.63, 3.8) is 0 Å². The molecule has 284 valence electrons. The number of allylic oxidation sites excluding steroid dienone is 1. The fourth-order valence-corrected chi connectivity index (χ4v) is 6.70. The second kappa shape index (κ2) is 19.7. The van der Waals surface area contributed by atoms with Crippen molar-refractivity contribution in [2.24, 2.45) is 11.8 Å². The van der Waals surface area contributed by atoms with Crippen LogP contribution < -0.4 is 32.3 Å².